The Hall–Kier alpha value is -0.0800. The van der Waals surface area contributed by atoms with Gasteiger partial charge >= 0.3 is 0 Å². The molecule has 1 aliphatic heterocycles. The van der Waals surface area contributed by atoms with Crippen LogP contribution < -0.4 is 0 Å². The first-order valence-electron chi connectivity index (χ1n) is 4.96. The lowest BCUT2D eigenvalue weighted by atomic mass is 10.6. The average Bonchev–Trinajstić information content (AvgIpc) is 1.80. The lowest BCUT2D eigenvalue weighted by Gasteiger charge is -2.09. The summed E-state index contributed by atoms with van der Waals surface area (Å²) in [5, 5.41) is 0. The van der Waals surface area contributed by atoms with Crippen molar-refractivity contribution in [1.82, 2.24) is 0 Å². The monoisotopic (exact) mass is 95.1 g/mol. The fraction of sp³-hybridized carbons (Fsp3) is 1.00. The molecule has 1 atom stereocenters. The molecule has 1 unspecified atom stereocenters. The molecule has 1 saturated heterocycles. The molecule has 0 bridgehead atoms. The molecule has 2 heteroatoms. The summed E-state index contributed by atoms with van der Waals surface area (Å²) in [6.07, 6.45) is 0. The third kappa shape index (κ3) is 0.954. The van der Waals surface area contributed by atoms with Crippen LogP contribution in [0.15, 0.2) is 0 Å². The SMILES string of the molecule is [2H]C1OC([2H])([2H])C([2H])([2H])OC1([2H])[2H]. The van der Waals surface area contributed by atoms with E-state index in [1.54, 1.807) is 0 Å². The molecular weight excluding hydrogens is 80.0 g/mol. The van der Waals surface area contributed by atoms with Gasteiger partial charge in [-0.2, -0.15) is 0 Å². The van der Waals surface area contributed by atoms with Gasteiger partial charge in [-0.25, -0.2) is 0 Å². The van der Waals surface area contributed by atoms with Crippen molar-refractivity contribution < 1.29 is 19.1 Å². The molecule has 0 amide bonds. The van der Waals surface area contributed by atoms with Gasteiger partial charge in [0.15, 0.2) is 0 Å². The van der Waals surface area contributed by atoms with Gasteiger partial charge in [-0.1, -0.05) is 0 Å². The minimum Gasteiger partial charge on any atom is -0.377 e. The van der Waals surface area contributed by atoms with Crippen molar-refractivity contribution in [2.75, 3.05) is 26.3 Å². The van der Waals surface area contributed by atoms with Gasteiger partial charge in [0.25, 0.3) is 0 Å². The molecule has 0 aliphatic carbocycles. The Kier molecular flexibility index (Phi) is 0.309. The van der Waals surface area contributed by atoms with Gasteiger partial charge < -0.3 is 9.47 Å². The van der Waals surface area contributed by atoms with Crippen LogP contribution in [0.3, 0.4) is 0 Å². The van der Waals surface area contributed by atoms with Gasteiger partial charge in [-0.05, 0) is 0 Å². The highest BCUT2D eigenvalue weighted by atomic mass is 16.6. The summed E-state index contributed by atoms with van der Waals surface area (Å²) >= 11 is 0. The molecule has 0 aromatic heterocycles. The van der Waals surface area contributed by atoms with Crippen molar-refractivity contribution in [2.45, 2.75) is 0 Å². The molecule has 0 aromatic rings. The van der Waals surface area contributed by atoms with E-state index in [2.05, 4.69) is 9.47 Å². The van der Waals surface area contributed by atoms with E-state index in [0.717, 1.165) is 0 Å². The standard InChI is InChI=1S/C4H8O2/c1-2-6-4-3-5-1/h1-4H2/i1D,2D2,3D2,4D2. The maximum Gasteiger partial charge on any atom is 0.0701 e. The highest BCUT2D eigenvalue weighted by Crippen LogP contribution is 1.85. The highest BCUT2D eigenvalue weighted by molar-refractivity contribution is 4.37. The van der Waals surface area contributed by atoms with Crippen molar-refractivity contribution in [3.05, 3.63) is 0 Å². The van der Waals surface area contributed by atoms with Crippen LogP contribution in [0, 0.1) is 0 Å². The summed E-state index contributed by atoms with van der Waals surface area (Å²) < 4.78 is 57.3. The van der Waals surface area contributed by atoms with Crippen LogP contribution in [0.5, 0.6) is 0 Å². The molecule has 1 rings (SSSR count). The smallest absolute Gasteiger partial charge is 0.0701 e. The fourth-order valence-corrected chi connectivity index (χ4v) is 0.152. The number of hydrogen-bond acceptors (Lipinski definition) is 2. The van der Waals surface area contributed by atoms with Gasteiger partial charge in [0, 0.05) is 0 Å². The fourth-order valence-electron chi connectivity index (χ4n) is 0.152. The Bertz CT molecular complexity index is 215. The van der Waals surface area contributed by atoms with Crippen LogP contribution in [0.4, 0.5) is 0 Å². The first kappa shape index (κ1) is 0.858. The summed E-state index contributed by atoms with van der Waals surface area (Å²) in [4.78, 5) is 0. The van der Waals surface area contributed by atoms with E-state index >= 15 is 0 Å². The molecule has 0 aromatic carbocycles. The Balaban J connectivity index is 2.93. The van der Waals surface area contributed by atoms with Gasteiger partial charge in [0.2, 0.25) is 0 Å². The summed E-state index contributed by atoms with van der Waals surface area (Å²) in [5.74, 6) is 0. The summed E-state index contributed by atoms with van der Waals surface area (Å²) in [6.45, 7) is -10.2. The first-order valence-corrected chi connectivity index (χ1v) is 1.39. The van der Waals surface area contributed by atoms with Crippen molar-refractivity contribution in [3.63, 3.8) is 0 Å². The molecule has 36 valence electrons. The Morgan fingerprint density at radius 2 is 2.00 bits per heavy atom. The highest BCUT2D eigenvalue weighted by Gasteiger charge is 1.94. The molecule has 6 heavy (non-hydrogen) atoms. The molecule has 0 saturated carbocycles. The molecule has 1 heterocycles. The molecular formula is C4H8O2. The predicted octanol–water partition coefficient (Wildman–Crippen LogP) is 0.0332. The lowest BCUT2D eigenvalue weighted by Crippen LogP contribution is -2.16. The predicted molar refractivity (Wildman–Crippen MR) is 21.6 cm³/mol. The Morgan fingerprint density at radius 1 is 1.17 bits per heavy atom. The van der Waals surface area contributed by atoms with E-state index in [4.69, 9.17) is 9.60 Å². The first-order chi connectivity index (χ1) is 5.58. The molecule has 0 radical (unpaired) electrons. The van der Waals surface area contributed by atoms with Crippen molar-refractivity contribution >= 4 is 0 Å². The normalized spacial score (nSPS) is 78.7. The van der Waals surface area contributed by atoms with Crippen LogP contribution in [0.25, 0.3) is 0 Å². The molecule has 2 nitrogen and oxygen atoms in total. The zero-order chi connectivity index (χ0) is 10.5. The number of ether oxygens (including phenoxy) is 2. The average molecular weight is 95.1 g/mol. The number of rotatable bonds is 0. The van der Waals surface area contributed by atoms with E-state index < -0.39 is 26.3 Å². The second-order valence-electron chi connectivity index (χ2n) is 0.660. The zero-order valence-electron chi connectivity index (χ0n) is 9.89. The van der Waals surface area contributed by atoms with Crippen molar-refractivity contribution in [1.29, 1.82) is 0 Å². The maximum absolute atomic E-state index is 7.00. The molecule has 0 N–H and O–H groups in total. The minimum atomic E-state index is -2.89. The zero-order valence-corrected chi connectivity index (χ0v) is 2.89. The Morgan fingerprint density at radius 3 is 2.83 bits per heavy atom. The molecule has 1 fully saturated rings. The van der Waals surface area contributed by atoms with Crippen LogP contribution in [0.1, 0.15) is 9.60 Å². The van der Waals surface area contributed by atoms with Gasteiger partial charge in [0.1, 0.15) is 0 Å². The van der Waals surface area contributed by atoms with Gasteiger partial charge in [0.05, 0.1) is 35.9 Å². The maximum atomic E-state index is 7.00. The summed E-state index contributed by atoms with van der Waals surface area (Å²) in [7, 11) is 0. The van der Waals surface area contributed by atoms with Gasteiger partial charge in [-0.3, -0.25) is 0 Å². The van der Waals surface area contributed by atoms with Crippen LogP contribution in [0.2, 0.25) is 0 Å². The third-order valence-corrected chi connectivity index (χ3v) is 0.318. The molecule has 0 spiro atoms. The molecule has 1 aliphatic rings. The van der Waals surface area contributed by atoms with Crippen molar-refractivity contribution in [3.8, 4) is 0 Å². The second-order valence-corrected chi connectivity index (χ2v) is 0.660. The lowest BCUT2D eigenvalue weighted by molar-refractivity contribution is -0.0334. The van der Waals surface area contributed by atoms with E-state index in [1.807, 2.05) is 0 Å². The topological polar surface area (TPSA) is 18.5 Å². The summed E-state index contributed by atoms with van der Waals surface area (Å²) in [6, 6.07) is 0. The summed E-state index contributed by atoms with van der Waals surface area (Å²) in [5.41, 5.74) is 0. The van der Waals surface area contributed by atoms with E-state index in [1.165, 1.54) is 0 Å². The van der Waals surface area contributed by atoms with Gasteiger partial charge in [-0.15, -0.1) is 0 Å². The quantitative estimate of drug-likeness (QED) is 0.422. The van der Waals surface area contributed by atoms with Crippen LogP contribution in [-0.4, -0.2) is 26.3 Å². The van der Waals surface area contributed by atoms with Crippen LogP contribution in [-0.2, 0) is 9.47 Å². The van der Waals surface area contributed by atoms with Crippen LogP contribution >= 0.6 is 0 Å². The third-order valence-electron chi connectivity index (χ3n) is 0.318. The van der Waals surface area contributed by atoms with E-state index in [9.17, 15) is 0 Å². The minimum absolute atomic E-state index is 1.90. The van der Waals surface area contributed by atoms with E-state index in [0.29, 0.717) is 0 Å². The largest absolute Gasteiger partial charge is 0.377 e. The number of hydrogen-bond donors (Lipinski definition) is 0. The Labute approximate surface area is 46.9 Å². The van der Waals surface area contributed by atoms with Crippen molar-refractivity contribution in [2.24, 2.45) is 0 Å². The van der Waals surface area contributed by atoms with E-state index in [-0.39, 0.29) is 0 Å². The second kappa shape index (κ2) is 2.16.